The lowest BCUT2D eigenvalue weighted by molar-refractivity contribution is -0.00676. The predicted molar refractivity (Wildman–Crippen MR) is 44.0 cm³/mol. The molecule has 0 aromatic rings. The number of sulfonamides is 1. The van der Waals surface area contributed by atoms with Crippen molar-refractivity contribution in [2.45, 2.75) is 43.1 Å². The Kier molecular flexibility index (Phi) is 1.89. The van der Waals surface area contributed by atoms with Gasteiger partial charge in [0, 0.05) is 0 Å². The highest BCUT2D eigenvalue weighted by Gasteiger charge is 2.40. The number of rotatable bonds is 3. The monoisotopic (exact) mass is 191 g/mol. The Hall–Kier alpha value is -0.130. The Morgan fingerprint density at radius 2 is 1.75 bits per heavy atom. The van der Waals surface area contributed by atoms with Gasteiger partial charge < -0.3 is 4.74 Å². The molecule has 70 valence electrons. The van der Waals surface area contributed by atoms with Crippen LogP contribution < -0.4 is 5.14 Å². The fraction of sp³-hybridized carbons (Fsp3) is 1.00. The van der Waals surface area contributed by atoms with Crippen LogP contribution in [-0.4, -0.2) is 25.9 Å². The summed E-state index contributed by atoms with van der Waals surface area (Å²) in [5, 5.41) is 4.62. The highest BCUT2D eigenvalue weighted by atomic mass is 32.2. The third-order valence-electron chi connectivity index (χ3n) is 2.43. The van der Waals surface area contributed by atoms with Gasteiger partial charge in [-0.3, -0.25) is 0 Å². The van der Waals surface area contributed by atoms with Crippen molar-refractivity contribution in [3.8, 4) is 0 Å². The molecule has 0 bridgehead atoms. The minimum atomic E-state index is -3.29. The summed E-state index contributed by atoms with van der Waals surface area (Å²) in [6, 6.07) is 0. The number of ether oxygens (including phenoxy) is 1. The normalized spacial score (nSPS) is 36.1. The first-order valence-corrected chi connectivity index (χ1v) is 5.84. The highest BCUT2D eigenvalue weighted by Crippen LogP contribution is 2.34. The van der Waals surface area contributed by atoms with E-state index >= 15 is 0 Å². The first-order chi connectivity index (χ1) is 5.55. The van der Waals surface area contributed by atoms with E-state index in [0.717, 1.165) is 12.8 Å². The van der Waals surface area contributed by atoms with Crippen molar-refractivity contribution in [3.05, 3.63) is 0 Å². The average Bonchev–Trinajstić information content (AvgIpc) is 2.56. The maximum Gasteiger partial charge on any atom is 0.212 e. The van der Waals surface area contributed by atoms with Crippen LogP contribution in [-0.2, 0) is 14.8 Å². The molecule has 0 spiro atoms. The van der Waals surface area contributed by atoms with Crippen LogP contribution in [0.3, 0.4) is 0 Å². The molecule has 2 saturated carbocycles. The fourth-order valence-electron chi connectivity index (χ4n) is 1.37. The second-order valence-corrected chi connectivity index (χ2v) is 5.48. The predicted octanol–water partition coefficient (Wildman–Crippen LogP) is -0.0151. The molecule has 2 N–H and O–H groups in total. The van der Waals surface area contributed by atoms with Crippen LogP contribution in [0.1, 0.15) is 25.7 Å². The quantitative estimate of drug-likeness (QED) is 0.682. The summed E-state index contributed by atoms with van der Waals surface area (Å²) in [7, 11) is -3.29. The maximum absolute atomic E-state index is 10.8. The second kappa shape index (κ2) is 2.68. The zero-order valence-electron chi connectivity index (χ0n) is 6.77. The Bertz CT molecular complexity index is 264. The summed E-state index contributed by atoms with van der Waals surface area (Å²) in [6.07, 6.45) is 4.02. The van der Waals surface area contributed by atoms with Gasteiger partial charge in [0.05, 0.1) is 17.5 Å². The molecule has 0 heterocycles. The van der Waals surface area contributed by atoms with Gasteiger partial charge in [-0.15, -0.1) is 0 Å². The number of nitrogens with two attached hydrogens (primary N) is 1. The van der Waals surface area contributed by atoms with Crippen LogP contribution in [0.2, 0.25) is 0 Å². The summed E-state index contributed by atoms with van der Waals surface area (Å²) < 4.78 is 27.1. The molecule has 0 amide bonds. The Balaban J connectivity index is 1.75. The molecular weight excluding hydrogens is 178 g/mol. The largest absolute Gasteiger partial charge is 0.375 e. The molecule has 2 fully saturated rings. The number of primary sulfonamides is 1. The first-order valence-electron chi connectivity index (χ1n) is 4.23. The topological polar surface area (TPSA) is 69.4 Å². The molecule has 12 heavy (non-hydrogen) atoms. The lowest BCUT2D eigenvalue weighted by Crippen LogP contribution is -2.44. The van der Waals surface area contributed by atoms with Crippen LogP contribution in [0.5, 0.6) is 0 Å². The molecule has 4 nitrogen and oxygen atoms in total. The SMILES string of the molecule is NS(=O)(=O)C1CC(OC2CC2)C1. The molecule has 2 aliphatic rings. The van der Waals surface area contributed by atoms with Gasteiger partial charge in [0.15, 0.2) is 0 Å². The molecule has 0 radical (unpaired) electrons. The van der Waals surface area contributed by atoms with E-state index in [2.05, 4.69) is 0 Å². The van der Waals surface area contributed by atoms with Gasteiger partial charge in [-0.2, -0.15) is 0 Å². The molecule has 0 atom stereocenters. The molecule has 0 aliphatic heterocycles. The number of hydrogen-bond donors (Lipinski definition) is 1. The first kappa shape index (κ1) is 8.47. The van der Waals surface area contributed by atoms with Crippen LogP contribution in [0.4, 0.5) is 0 Å². The smallest absolute Gasteiger partial charge is 0.212 e. The molecule has 0 unspecified atom stereocenters. The molecule has 0 aromatic carbocycles. The summed E-state index contributed by atoms with van der Waals surface area (Å²) in [5.41, 5.74) is 0. The van der Waals surface area contributed by atoms with Crippen molar-refractivity contribution in [3.63, 3.8) is 0 Å². The Morgan fingerprint density at radius 1 is 1.17 bits per heavy atom. The van der Waals surface area contributed by atoms with Crippen LogP contribution in [0, 0.1) is 0 Å². The van der Waals surface area contributed by atoms with Gasteiger partial charge in [0.2, 0.25) is 10.0 Å². The van der Waals surface area contributed by atoms with Crippen LogP contribution >= 0.6 is 0 Å². The van der Waals surface area contributed by atoms with E-state index in [4.69, 9.17) is 9.88 Å². The number of hydrogen-bond acceptors (Lipinski definition) is 3. The van der Waals surface area contributed by atoms with Crippen molar-refractivity contribution in [2.24, 2.45) is 5.14 Å². The van der Waals surface area contributed by atoms with Crippen molar-refractivity contribution < 1.29 is 13.2 Å². The minimum absolute atomic E-state index is 0.154. The minimum Gasteiger partial charge on any atom is -0.375 e. The van der Waals surface area contributed by atoms with Gasteiger partial charge in [-0.05, 0) is 25.7 Å². The molecule has 2 aliphatic carbocycles. The average molecular weight is 191 g/mol. The molecular formula is C7H13NO3S. The Labute approximate surface area is 72.1 Å². The molecule has 5 heteroatoms. The van der Waals surface area contributed by atoms with Gasteiger partial charge >= 0.3 is 0 Å². The van der Waals surface area contributed by atoms with E-state index in [1.165, 1.54) is 0 Å². The van der Waals surface area contributed by atoms with Gasteiger partial charge in [-0.1, -0.05) is 0 Å². The van der Waals surface area contributed by atoms with Gasteiger partial charge in [0.25, 0.3) is 0 Å². The standard InChI is InChI=1S/C7H13NO3S/c8-12(9,10)7-3-6(4-7)11-5-1-2-5/h5-7H,1-4H2,(H2,8,9,10). The van der Waals surface area contributed by atoms with Gasteiger partial charge in [0.1, 0.15) is 0 Å². The van der Waals surface area contributed by atoms with E-state index in [1.54, 1.807) is 0 Å². The Morgan fingerprint density at radius 3 is 2.17 bits per heavy atom. The van der Waals surface area contributed by atoms with Crippen molar-refractivity contribution in [1.29, 1.82) is 0 Å². The van der Waals surface area contributed by atoms with E-state index < -0.39 is 10.0 Å². The molecule has 2 rings (SSSR count). The fourth-order valence-corrected chi connectivity index (χ4v) is 2.34. The summed E-state index contributed by atoms with van der Waals surface area (Å²) >= 11 is 0. The van der Waals surface area contributed by atoms with Crippen LogP contribution in [0.25, 0.3) is 0 Å². The third-order valence-corrected chi connectivity index (χ3v) is 3.74. The maximum atomic E-state index is 10.8. The van der Waals surface area contributed by atoms with E-state index in [0.29, 0.717) is 18.9 Å². The van der Waals surface area contributed by atoms with Crippen molar-refractivity contribution >= 4 is 10.0 Å². The van der Waals surface area contributed by atoms with Crippen molar-refractivity contribution in [2.75, 3.05) is 0 Å². The van der Waals surface area contributed by atoms with E-state index in [-0.39, 0.29) is 11.4 Å². The zero-order valence-corrected chi connectivity index (χ0v) is 7.59. The highest BCUT2D eigenvalue weighted by molar-refractivity contribution is 7.89. The molecule has 0 aromatic heterocycles. The van der Waals surface area contributed by atoms with E-state index in [1.807, 2.05) is 0 Å². The van der Waals surface area contributed by atoms with Crippen molar-refractivity contribution in [1.82, 2.24) is 0 Å². The van der Waals surface area contributed by atoms with Gasteiger partial charge in [-0.25, -0.2) is 13.6 Å². The summed E-state index contributed by atoms with van der Waals surface area (Å²) in [4.78, 5) is 0. The zero-order chi connectivity index (χ0) is 8.77. The summed E-state index contributed by atoms with van der Waals surface area (Å²) in [5.74, 6) is 0. The summed E-state index contributed by atoms with van der Waals surface area (Å²) in [6.45, 7) is 0. The lowest BCUT2D eigenvalue weighted by atomic mass is 9.95. The third kappa shape index (κ3) is 1.78. The van der Waals surface area contributed by atoms with Crippen LogP contribution in [0.15, 0.2) is 0 Å². The second-order valence-electron chi connectivity index (χ2n) is 3.64. The lowest BCUT2D eigenvalue weighted by Gasteiger charge is -2.33. The molecule has 0 saturated heterocycles. The van der Waals surface area contributed by atoms with E-state index in [9.17, 15) is 8.42 Å².